The maximum atomic E-state index is 12.5. The monoisotopic (exact) mass is 392 g/mol. The fraction of sp³-hybridized carbons (Fsp3) is 0.381. The standard InChI is InChI=1S/C21H23F3N2O2/c1-2-3-4-5-6-7-20(27)28-19-14-12-18(13-15-19)26-25-17-10-8-16(9-11-17)21(22,23)24/h8-15H,2-7H2,1H3. The van der Waals surface area contributed by atoms with E-state index >= 15 is 0 Å². The predicted molar refractivity (Wildman–Crippen MR) is 101 cm³/mol. The van der Waals surface area contributed by atoms with Gasteiger partial charge in [-0.3, -0.25) is 4.79 Å². The van der Waals surface area contributed by atoms with Gasteiger partial charge in [0.05, 0.1) is 16.9 Å². The average molecular weight is 392 g/mol. The Hall–Kier alpha value is -2.70. The molecule has 7 heteroatoms. The summed E-state index contributed by atoms with van der Waals surface area (Å²) < 4.78 is 42.8. The zero-order valence-corrected chi connectivity index (χ0v) is 15.7. The van der Waals surface area contributed by atoms with Gasteiger partial charge >= 0.3 is 12.1 Å². The van der Waals surface area contributed by atoms with Crippen molar-refractivity contribution in [2.24, 2.45) is 10.2 Å². The number of nitrogens with zero attached hydrogens (tertiary/aromatic N) is 2. The van der Waals surface area contributed by atoms with Gasteiger partial charge in [-0.05, 0) is 55.0 Å². The summed E-state index contributed by atoms with van der Waals surface area (Å²) in [7, 11) is 0. The van der Waals surface area contributed by atoms with Crippen molar-refractivity contribution in [3.8, 4) is 5.75 Å². The first-order chi connectivity index (χ1) is 13.4. The van der Waals surface area contributed by atoms with E-state index in [0.717, 1.165) is 37.8 Å². The molecule has 0 fully saturated rings. The summed E-state index contributed by atoms with van der Waals surface area (Å²) in [5.41, 5.74) is 0.0776. The smallest absolute Gasteiger partial charge is 0.416 e. The first kappa shape index (κ1) is 21.6. The first-order valence-corrected chi connectivity index (χ1v) is 9.28. The van der Waals surface area contributed by atoms with Crippen molar-refractivity contribution in [1.82, 2.24) is 0 Å². The summed E-state index contributed by atoms with van der Waals surface area (Å²) in [6.07, 6.45) is 1.31. The third kappa shape index (κ3) is 7.50. The van der Waals surface area contributed by atoms with Crippen LogP contribution in [0.1, 0.15) is 51.0 Å². The molecule has 0 saturated heterocycles. The molecule has 0 N–H and O–H groups in total. The van der Waals surface area contributed by atoms with E-state index in [9.17, 15) is 18.0 Å². The zero-order valence-electron chi connectivity index (χ0n) is 15.7. The van der Waals surface area contributed by atoms with Crippen LogP contribution >= 0.6 is 0 Å². The molecule has 0 bridgehead atoms. The summed E-state index contributed by atoms with van der Waals surface area (Å²) >= 11 is 0. The number of esters is 1. The van der Waals surface area contributed by atoms with E-state index in [2.05, 4.69) is 17.2 Å². The molecule has 0 amide bonds. The maximum absolute atomic E-state index is 12.5. The molecule has 0 aromatic heterocycles. The van der Waals surface area contributed by atoms with E-state index in [4.69, 9.17) is 4.74 Å². The molecule has 0 spiro atoms. The van der Waals surface area contributed by atoms with Crippen LogP contribution in [-0.2, 0) is 11.0 Å². The highest BCUT2D eigenvalue weighted by Crippen LogP contribution is 2.30. The van der Waals surface area contributed by atoms with Gasteiger partial charge in [-0.2, -0.15) is 23.4 Å². The molecule has 0 unspecified atom stereocenters. The third-order valence-corrected chi connectivity index (χ3v) is 4.03. The van der Waals surface area contributed by atoms with E-state index < -0.39 is 11.7 Å². The fourth-order valence-corrected chi connectivity index (χ4v) is 2.47. The van der Waals surface area contributed by atoms with E-state index in [1.54, 1.807) is 24.3 Å². The van der Waals surface area contributed by atoms with Crippen LogP contribution in [0.3, 0.4) is 0 Å². The second kappa shape index (κ2) is 10.6. The van der Waals surface area contributed by atoms with Gasteiger partial charge in [0.1, 0.15) is 5.75 Å². The second-order valence-corrected chi connectivity index (χ2v) is 6.38. The number of hydrogen-bond donors (Lipinski definition) is 0. The zero-order chi connectivity index (χ0) is 20.4. The minimum Gasteiger partial charge on any atom is -0.427 e. The molecule has 0 aliphatic heterocycles. The van der Waals surface area contributed by atoms with Crippen LogP contribution in [0.5, 0.6) is 5.75 Å². The van der Waals surface area contributed by atoms with Gasteiger partial charge in [0.15, 0.2) is 0 Å². The van der Waals surface area contributed by atoms with Crippen molar-refractivity contribution < 1.29 is 22.7 Å². The highest BCUT2D eigenvalue weighted by molar-refractivity contribution is 5.72. The van der Waals surface area contributed by atoms with Gasteiger partial charge in [-0.25, -0.2) is 0 Å². The first-order valence-electron chi connectivity index (χ1n) is 9.28. The highest BCUT2D eigenvalue weighted by atomic mass is 19.4. The summed E-state index contributed by atoms with van der Waals surface area (Å²) in [5, 5.41) is 7.88. The van der Waals surface area contributed by atoms with E-state index in [1.807, 2.05) is 0 Å². The van der Waals surface area contributed by atoms with Gasteiger partial charge in [-0.1, -0.05) is 32.6 Å². The number of alkyl halides is 3. The Bertz CT molecular complexity index is 770. The van der Waals surface area contributed by atoms with Crippen molar-refractivity contribution in [3.63, 3.8) is 0 Å². The molecular weight excluding hydrogens is 369 g/mol. The van der Waals surface area contributed by atoms with Crippen LogP contribution in [0.25, 0.3) is 0 Å². The molecule has 2 aromatic rings. The molecule has 0 aliphatic rings. The lowest BCUT2D eigenvalue weighted by atomic mass is 10.1. The number of ether oxygens (including phenoxy) is 1. The minimum absolute atomic E-state index is 0.268. The normalized spacial score (nSPS) is 11.7. The topological polar surface area (TPSA) is 51.0 Å². The molecule has 150 valence electrons. The van der Waals surface area contributed by atoms with Crippen molar-refractivity contribution in [1.29, 1.82) is 0 Å². The van der Waals surface area contributed by atoms with Crippen LogP contribution < -0.4 is 4.74 Å². The van der Waals surface area contributed by atoms with Gasteiger partial charge in [0, 0.05) is 6.42 Å². The van der Waals surface area contributed by atoms with Crippen molar-refractivity contribution in [2.75, 3.05) is 0 Å². The van der Waals surface area contributed by atoms with Gasteiger partial charge in [0.2, 0.25) is 0 Å². The van der Waals surface area contributed by atoms with Crippen LogP contribution in [0.2, 0.25) is 0 Å². The number of hydrogen-bond acceptors (Lipinski definition) is 4. The quantitative estimate of drug-likeness (QED) is 0.193. The van der Waals surface area contributed by atoms with Crippen molar-refractivity contribution in [2.45, 2.75) is 51.6 Å². The molecule has 0 radical (unpaired) electrons. The summed E-state index contributed by atoms with van der Waals surface area (Å²) in [5.74, 6) is 0.155. The van der Waals surface area contributed by atoms with Crippen LogP contribution in [0.4, 0.5) is 24.5 Å². The Morgan fingerprint density at radius 1 is 0.857 bits per heavy atom. The maximum Gasteiger partial charge on any atom is 0.416 e. The largest absolute Gasteiger partial charge is 0.427 e. The van der Waals surface area contributed by atoms with E-state index in [-0.39, 0.29) is 5.97 Å². The molecule has 2 rings (SSSR count). The van der Waals surface area contributed by atoms with Gasteiger partial charge in [0.25, 0.3) is 0 Å². The van der Waals surface area contributed by atoms with E-state index in [0.29, 0.717) is 23.5 Å². The number of benzene rings is 2. The Balaban J connectivity index is 1.83. The molecule has 2 aromatic carbocycles. The van der Waals surface area contributed by atoms with Crippen LogP contribution in [-0.4, -0.2) is 5.97 Å². The lowest BCUT2D eigenvalue weighted by Gasteiger charge is -2.05. The van der Waals surface area contributed by atoms with Gasteiger partial charge < -0.3 is 4.74 Å². The SMILES string of the molecule is CCCCCCCC(=O)Oc1ccc(N=Nc2ccc(C(F)(F)F)cc2)cc1. The minimum atomic E-state index is -4.38. The highest BCUT2D eigenvalue weighted by Gasteiger charge is 2.29. The molecule has 28 heavy (non-hydrogen) atoms. The second-order valence-electron chi connectivity index (χ2n) is 6.38. The number of halogens is 3. The molecule has 0 saturated carbocycles. The third-order valence-electron chi connectivity index (χ3n) is 4.03. The molecular formula is C21H23F3N2O2. The predicted octanol–water partition coefficient (Wildman–Crippen LogP) is 7.39. The average Bonchev–Trinajstić information content (AvgIpc) is 2.67. The molecule has 0 aliphatic carbocycles. The number of carbonyl (C=O) groups excluding carboxylic acids is 1. The van der Waals surface area contributed by atoms with Crippen LogP contribution in [0.15, 0.2) is 58.8 Å². The van der Waals surface area contributed by atoms with Gasteiger partial charge in [-0.15, -0.1) is 0 Å². The fourth-order valence-electron chi connectivity index (χ4n) is 2.47. The Morgan fingerprint density at radius 3 is 1.93 bits per heavy atom. The number of rotatable bonds is 9. The number of unbranched alkanes of at least 4 members (excludes halogenated alkanes) is 4. The summed E-state index contributed by atoms with van der Waals surface area (Å²) in [4.78, 5) is 11.8. The van der Waals surface area contributed by atoms with Crippen LogP contribution in [0, 0.1) is 0 Å². The number of carbonyl (C=O) groups is 1. The molecule has 0 atom stereocenters. The Kier molecular flexibility index (Phi) is 8.17. The lowest BCUT2D eigenvalue weighted by Crippen LogP contribution is -2.07. The van der Waals surface area contributed by atoms with Crippen molar-refractivity contribution in [3.05, 3.63) is 54.1 Å². The Labute approximate surface area is 162 Å². The van der Waals surface area contributed by atoms with E-state index in [1.165, 1.54) is 18.6 Å². The Morgan fingerprint density at radius 2 is 1.39 bits per heavy atom. The number of azo groups is 1. The molecule has 4 nitrogen and oxygen atoms in total. The molecule has 0 heterocycles. The lowest BCUT2D eigenvalue weighted by molar-refractivity contribution is -0.137. The van der Waals surface area contributed by atoms with Crippen molar-refractivity contribution >= 4 is 17.3 Å². The summed E-state index contributed by atoms with van der Waals surface area (Å²) in [6, 6.07) is 10.9. The summed E-state index contributed by atoms with van der Waals surface area (Å²) in [6.45, 7) is 2.14.